The summed E-state index contributed by atoms with van der Waals surface area (Å²) in [5.41, 5.74) is 0. The number of aliphatic carboxylic acids is 1. The molecule has 0 bridgehead atoms. The number of fused-ring (bicyclic) bond motifs is 6. The van der Waals surface area contributed by atoms with Crippen LogP contribution in [0, 0.1) is 29.6 Å². The van der Waals surface area contributed by atoms with Gasteiger partial charge in [-0.25, -0.2) is 0 Å². The number of nitrogens with one attached hydrogen (secondary N) is 2. The molecule has 5 aliphatic rings. The van der Waals surface area contributed by atoms with Crippen molar-refractivity contribution < 1.29 is 9.90 Å². The fourth-order valence-electron chi connectivity index (χ4n) is 7.31. The fourth-order valence-corrected chi connectivity index (χ4v) is 7.31. The van der Waals surface area contributed by atoms with Crippen molar-refractivity contribution in [3.8, 4) is 0 Å². The van der Waals surface area contributed by atoms with E-state index < -0.39 is 5.97 Å². The summed E-state index contributed by atoms with van der Waals surface area (Å²) in [6.45, 7) is 0. The van der Waals surface area contributed by atoms with Gasteiger partial charge in [-0.2, -0.15) is 0 Å². The van der Waals surface area contributed by atoms with Crippen LogP contribution in [0.2, 0.25) is 0 Å². The van der Waals surface area contributed by atoms with Crippen LogP contribution in [-0.2, 0) is 4.79 Å². The molecule has 3 N–H and O–H groups in total. The van der Waals surface area contributed by atoms with Gasteiger partial charge in [0.25, 0.3) is 0 Å². The Morgan fingerprint density at radius 1 is 0.783 bits per heavy atom. The monoisotopic (exact) mass is 318 g/mol. The zero-order chi connectivity index (χ0) is 15.6. The van der Waals surface area contributed by atoms with E-state index in [1.165, 1.54) is 57.8 Å². The van der Waals surface area contributed by atoms with Gasteiger partial charge < -0.3 is 15.7 Å². The molecule has 0 amide bonds. The van der Waals surface area contributed by atoms with Crippen molar-refractivity contribution in [1.29, 1.82) is 0 Å². The van der Waals surface area contributed by atoms with Crippen molar-refractivity contribution in [2.24, 2.45) is 29.6 Å². The van der Waals surface area contributed by atoms with Crippen molar-refractivity contribution >= 4 is 5.97 Å². The van der Waals surface area contributed by atoms with Crippen molar-refractivity contribution in [3.05, 3.63) is 0 Å². The highest BCUT2D eigenvalue weighted by Crippen LogP contribution is 2.53. The highest BCUT2D eigenvalue weighted by Gasteiger charge is 2.60. The van der Waals surface area contributed by atoms with E-state index in [4.69, 9.17) is 0 Å². The lowest BCUT2D eigenvalue weighted by Crippen LogP contribution is -2.54. The van der Waals surface area contributed by atoms with Crippen molar-refractivity contribution in [2.75, 3.05) is 0 Å². The van der Waals surface area contributed by atoms with E-state index >= 15 is 0 Å². The van der Waals surface area contributed by atoms with Gasteiger partial charge >= 0.3 is 5.97 Å². The third-order valence-electron chi connectivity index (χ3n) is 8.06. The van der Waals surface area contributed by atoms with Crippen LogP contribution >= 0.6 is 0 Å². The summed E-state index contributed by atoms with van der Waals surface area (Å²) >= 11 is 0. The Hall–Kier alpha value is -0.610. The van der Waals surface area contributed by atoms with Gasteiger partial charge in [0.15, 0.2) is 0 Å². The zero-order valence-electron chi connectivity index (χ0n) is 13.9. The minimum absolute atomic E-state index is 0.162. The van der Waals surface area contributed by atoms with Crippen molar-refractivity contribution in [3.63, 3.8) is 0 Å². The lowest BCUT2D eigenvalue weighted by atomic mass is 9.61. The SMILES string of the molecule is O=C(O)C1C2NC3CCCCC3C2CC2NC3CCCCC3C21. The Balaban J connectivity index is 1.47. The molecule has 0 aromatic rings. The normalized spacial score (nSPS) is 54.7. The molecular weight excluding hydrogens is 288 g/mol. The van der Waals surface area contributed by atoms with Crippen LogP contribution in [0.3, 0.4) is 0 Å². The summed E-state index contributed by atoms with van der Waals surface area (Å²) in [6, 6.07) is 1.90. The Bertz CT molecular complexity index is 494. The molecule has 0 radical (unpaired) electrons. The van der Waals surface area contributed by atoms with E-state index in [2.05, 4.69) is 10.6 Å². The summed E-state index contributed by atoms with van der Waals surface area (Å²) in [5, 5.41) is 17.8. The number of hydrogen-bond donors (Lipinski definition) is 3. The van der Waals surface area contributed by atoms with Gasteiger partial charge in [0.05, 0.1) is 5.92 Å². The average Bonchev–Trinajstić information content (AvgIpc) is 3.10. The molecule has 3 aliphatic carbocycles. The lowest BCUT2D eigenvalue weighted by molar-refractivity contribution is -0.148. The van der Waals surface area contributed by atoms with Crippen LogP contribution < -0.4 is 10.6 Å². The highest BCUT2D eigenvalue weighted by atomic mass is 16.4. The van der Waals surface area contributed by atoms with Gasteiger partial charge in [0.1, 0.15) is 0 Å². The van der Waals surface area contributed by atoms with E-state index in [0.717, 1.165) is 5.92 Å². The molecule has 4 nitrogen and oxygen atoms in total. The molecule has 9 unspecified atom stereocenters. The third-order valence-corrected chi connectivity index (χ3v) is 8.06. The van der Waals surface area contributed by atoms with Gasteiger partial charge in [-0.1, -0.05) is 25.7 Å². The summed E-state index contributed by atoms with van der Waals surface area (Å²) in [6.07, 6.45) is 11.6. The minimum Gasteiger partial charge on any atom is -0.481 e. The van der Waals surface area contributed by atoms with Crippen LogP contribution in [0.1, 0.15) is 57.8 Å². The molecule has 0 aromatic heterocycles. The molecule has 2 saturated heterocycles. The Labute approximate surface area is 138 Å². The zero-order valence-corrected chi connectivity index (χ0v) is 13.9. The second-order valence-electron chi connectivity index (χ2n) is 8.92. The molecule has 2 heterocycles. The van der Waals surface area contributed by atoms with Gasteiger partial charge in [-0.15, -0.1) is 0 Å². The predicted molar refractivity (Wildman–Crippen MR) is 88.1 cm³/mol. The van der Waals surface area contributed by atoms with E-state index in [0.29, 0.717) is 35.9 Å². The quantitative estimate of drug-likeness (QED) is 0.695. The van der Waals surface area contributed by atoms with E-state index in [1.54, 1.807) is 0 Å². The maximum absolute atomic E-state index is 12.3. The van der Waals surface area contributed by atoms with Crippen molar-refractivity contribution in [1.82, 2.24) is 10.6 Å². The van der Waals surface area contributed by atoms with E-state index in [-0.39, 0.29) is 12.0 Å². The molecule has 2 aliphatic heterocycles. The van der Waals surface area contributed by atoms with Crippen LogP contribution in [0.25, 0.3) is 0 Å². The average molecular weight is 318 g/mol. The van der Waals surface area contributed by atoms with Crippen LogP contribution in [0.5, 0.6) is 0 Å². The molecule has 5 rings (SSSR count). The Kier molecular flexibility index (Phi) is 3.49. The lowest BCUT2D eigenvalue weighted by Gasteiger charge is -2.43. The topological polar surface area (TPSA) is 61.4 Å². The summed E-state index contributed by atoms with van der Waals surface area (Å²) < 4.78 is 0. The van der Waals surface area contributed by atoms with E-state index in [9.17, 15) is 9.90 Å². The molecule has 0 aromatic carbocycles. The van der Waals surface area contributed by atoms with Gasteiger partial charge in [0.2, 0.25) is 0 Å². The number of carbonyl (C=O) groups is 1. The molecular formula is C19H30N2O2. The summed E-state index contributed by atoms with van der Waals surface area (Å²) in [5.74, 6) is 1.61. The van der Waals surface area contributed by atoms with Gasteiger partial charge in [-0.3, -0.25) is 4.79 Å². The smallest absolute Gasteiger partial charge is 0.308 e. The van der Waals surface area contributed by atoms with Crippen molar-refractivity contribution in [2.45, 2.75) is 82.0 Å². The molecule has 23 heavy (non-hydrogen) atoms. The Morgan fingerprint density at radius 2 is 1.43 bits per heavy atom. The molecule has 0 spiro atoms. The number of carboxylic acid groups (broad SMARTS) is 1. The first-order valence-electron chi connectivity index (χ1n) is 9.99. The van der Waals surface area contributed by atoms with Crippen LogP contribution in [0.4, 0.5) is 0 Å². The Morgan fingerprint density at radius 3 is 2.17 bits per heavy atom. The van der Waals surface area contributed by atoms with Crippen LogP contribution in [0.15, 0.2) is 0 Å². The number of hydrogen-bond acceptors (Lipinski definition) is 3. The third kappa shape index (κ3) is 2.13. The number of carboxylic acids is 1. The molecule has 3 saturated carbocycles. The maximum Gasteiger partial charge on any atom is 0.308 e. The first-order valence-corrected chi connectivity index (χ1v) is 9.99. The fraction of sp³-hybridized carbons (Fsp3) is 0.947. The molecule has 9 atom stereocenters. The van der Waals surface area contributed by atoms with E-state index in [1.807, 2.05) is 0 Å². The molecule has 4 heteroatoms. The maximum atomic E-state index is 12.3. The van der Waals surface area contributed by atoms with Gasteiger partial charge in [-0.05, 0) is 55.8 Å². The summed E-state index contributed by atoms with van der Waals surface area (Å²) in [7, 11) is 0. The standard InChI is InChI=1S/C19H30N2O2/c22-19(23)17-16-11-6-2-4-8-14(11)20-15(16)9-12-10-5-1-3-7-13(10)21-18(12)17/h10-18,20-21H,1-9H2,(H,22,23). The second-order valence-corrected chi connectivity index (χ2v) is 8.92. The highest BCUT2D eigenvalue weighted by molar-refractivity contribution is 5.72. The summed E-state index contributed by atoms with van der Waals surface area (Å²) in [4.78, 5) is 12.3. The molecule has 128 valence electrons. The second kappa shape index (κ2) is 5.45. The first kappa shape index (κ1) is 14.7. The largest absolute Gasteiger partial charge is 0.481 e. The predicted octanol–water partition coefficient (Wildman–Crippen LogP) is 2.38. The van der Waals surface area contributed by atoms with Gasteiger partial charge in [0, 0.05) is 24.2 Å². The minimum atomic E-state index is -0.533. The number of rotatable bonds is 1. The first-order chi connectivity index (χ1) is 11.2. The van der Waals surface area contributed by atoms with Crippen LogP contribution in [-0.4, -0.2) is 35.2 Å². The molecule has 5 fully saturated rings.